The Kier molecular flexibility index (Phi) is 7.45. The molecule has 0 saturated heterocycles. The van der Waals surface area contributed by atoms with Gasteiger partial charge in [0.05, 0.1) is 18.3 Å². The van der Waals surface area contributed by atoms with Crippen LogP contribution < -0.4 is 0 Å². The largest absolute Gasteiger partial charge is 0.393 e. The van der Waals surface area contributed by atoms with Crippen LogP contribution >= 0.6 is 0 Å². The number of hydrogen-bond donors (Lipinski definition) is 3. The Morgan fingerprint density at radius 1 is 0.921 bits per heavy atom. The van der Waals surface area contributed by atoms with E-state index in [0.717, 1.165) is 12.8 Å². The lowest BCUT2D eigenvalue weighted by Crippen LogP contribution is -2.74. The number of rotatable bonds is 2. The topological polar surface area (TPSA) is 77.8 Å². The second kappa shape index (κ2) is 9.28. The van der Waals surface area contributed by atoms with E-state index in [2.05, 4.69) is 76.2 Å². The molecule has 4 aliphatic rings. The number of hydrogen-bond acceptors (Lipinski definition) is 4. The standard InChI is InChI=1S/C34H60O4/c1-16-15-32(11)22(7)33(12)18(3)27-23(20(5)35)14-24(31(8,9)10)17(2)26(27)29(37)28(33)19(4)34(32,13)30(38)25(16)21(6)36/h16-28,30,35-36,38H,14-15H2,1-13H3. The van der Waals surface area contributed by atoms with Crippen LogP contribution in [0.15, 0.2) is 0 Å². The maximum absolute atomic E-state index is 15.0. The zero-order valence-corrected chi connectivity index (χ0v) is 26.7. The molecule has 4 rings (SSSR count). The Morgan fingerprint density at radius 2 is 1.47 bits per heavy atom. The van der Waals surface area contributed by atoms with E-state index >= 15 is 4.79 Å². The smallest absolute Gasteiger partial charge is 0.140 e. The third kappa shape index (κ3) is 3.67. The van der Waals surface area contributed by atoms with Crippen molar-refractivity contribution in [1.82, 2.24) is 0 Å². The number of ketones is 1. The molecular weight excluding hydrogens is 472 g/mol. The highest BCUT2D eigenvalue weighted by Gasteiger charge is 2.75. The molecule has 0 aromatic carbocycles. The average Bonchev–Trinajstić information content (AvgIpc) is 2.78. The van der Waals surface area contributed by atoms with Gasteiger partial charge in [0.1, 0.15) is 5.78 Å². The summed E-state index contributed by atoms with van der Waals surface area (Å²) < 4.78 is 0. The normalized spacial score (nSPS) is 56.9. The molecule has 0 aliphatic heterocycles. The molecule has 0 amide bonds. The van der Waals surface area contributed by atoms with Crippen molar-refractivity contribution in [1.29, 1.82) is 0 Å². The molecule has 17 atom stereocenters. The minimum absolute atomic E-state index is 0.000522. The molecule has 0 heterocycles. The van der Waals surface area contributed by atoms with Crippen molar-refractivity contribution >= 4 is 5.78 Å². The zero-order chi connectivity index (χ0) is 29.1. The van der Waals surface area contributed by atoms with E-state index in [1.54, 1.807) is 0 Å². The minimum atomic E-state index is -0.657. The molecule has 4 saturated carbocycles. The lowest BCUT2D eigenvalue weighted by atomic mass is 9.29. The minimum Gasteiger partial charge on any atom is -0.393 e. The van der Waals surface area contributed by atoms with E-state index in [1.807, 2.05) is 13.8 Å². The molecular formula is C34H60O4. The highest BCUT2D eigenvalue weighted by molar-refractivity contribution is 5.87. The van der Waals surface area contributed by atoms with Gasteiger partial charge >= 0.3 is 0 Å². The van der Waals surface area contributed by atoms with Crippen LogP contribution in [0.25, 0.3) is 0 Å². The van der Waals surface area contributed by atoms with Gasteiger partial charge in [0, 0.05) is 23.2 Å². The van der Waals surface area contributed by atoms with E-state index in [4.69, 9.17) is 0 Å². The van der Waals surface area contributed by atoms with Crippen LogP contribution in [0.2, 0.25) is 0 Å². The number of aliphatic hydroxyl groups is 3. The Morgan fingerprint density at radius 3 is 1.95 bits per heavy atom. The summed E-state index contributed by atoms with van der Waals surface area (Å²) in [5.41, 5.74) is -0.793. The molecule has 4 aliphatic carbocycles. The van der Waals surface area contributed by atoms with Crippen LogP contribution in [-0.4, -0.2) is 39.4 Å². The molecule has 0 bridgehead atoms. The maximum atomic E-state index is 15.0. The lowest BCUT2D eigenvalue weighted by Gasteiger charge is -2.75. The van der Waals surface area contributed by atoms with Crippen molar-refractivity contribution in [2.75, 3.05) is 0 Å². The summed E-state index contributed by atoms with van der Waals surface area (Å²) in [5.74, 6) is 1.66. The Bertz CT molecular complexity index is 920. The first-order valence-electron chi connectivity index (χ1n) is 15.8. The molecule has 0 radical (unpaired) electrons. The molecule has 4 fully saturated rings. The van der Waals surface area contributed by atoms with Gasteiger partial charge in [-0.15, -0.1) is 0 Å². The summed E-state index contributed by atoms with van der Waals surface area (Å²) in [6.07, 6.45) is 0.250. The van der Waals surface area contributed by atoms with Gasteiger partial charge in [-0.3, -0.25) is 4.79 Å². The molecule has 4 heteroatoms. The first-order valence-corrected chi connectivity index (χ1v) is 15.8. The lowest BCUT2D eigenvalue weighted by molar-refractivity contribution is -0.288. The van der Waals surface area contributed by atoms with Crippen LogP contribution in [-0.2, 0) is 4.79 Å². The van der Waals surface area contributed by atoms with E-state index in [0.29, 0.717) is 17.6 Å². The molecule has 4 nitrogen and oxygen atoms in total. The molecule has 17 unspecified atom stereocenters. The van der Waals surface area contributed by atoms with Crippen molar-refractivity contribution in [2.24, 2.45) is 86.8 Å². The number of aliphatic hydroxyl groups excluding tert-OH is 3. The van der Waals surface area contributed by atoms with Gasteiger partial charge in [0.15, 0.2) is 0 Å². The Hall–Kier alpha value is -0.450. The van der Waals surface area contributed by atoms with Crippen molar-refractivity contribution < 1.29 is 20.1 Å². The fraction of sp³-hybridized carbons (Fsp3) is 0.971. The summed E-state index contributed by atoms with van der Waals surface area (Å²) in [6.45, 7) is 29.2. The Balaban J connectivity index is 1.90. The molecule has 0 spiro atoms. The van der Waals surface area contributed by atoms with Gasteiger partial charge in [0.25, 0.3) is 0 Å². The summed E-state index contributed by atoms with van der Waals surface area (Å²) >= 11 is 0. The molecule has 0 aromatic rings. The summed E-state index contributed by atoms with van der Waals surface area (Å²) in [5, 5.41) is 34.0. The van der Waals surface area contributed by atoms with Crippen molar-refractivity contribution in [3.05, 3.63) is 0 Å². The predicted octanol–water partition coefficient (Wildman–Crippen LogP) is 6.46. The molecule has 0 aromatic heterocycles. The van der Waals surface area contributed by atoms with Crippen molar-refractivity contribution in [3.63, 3.8) is 0 Å². The van der Waals surface area contributed by atoms with Gasteiger partial charge < -0.3 is 15.3 Å². The number of carbonyl (C=O) groups excluding carboxylic acids is 1. The first-order chi connectivity index (χ1) is 17.2. The predicted molar refractivity (Wildman–Crippen MR) is 154 cm³/mol. The monoisotopic (exact) mass is 532 g/mol. The van der Waals surface area contributed by atoms with Crippen LogP contribution in [0.1, 0.15) is 103 Å². The zero-order valence-electron chi connectivity index (χ0n) is 26.7. The first kappa shape index (κ1) is 30.5. The van der Waals surface area contributed by atoms with E-state index < -0.39 is 23.7 Å². The van der Waals surface area contributed by atoms with E-state index in [1.165, 1.54) is 0 Å². The number of carbonyl (C=O) groups is 1. The quantitative estimate of drug-likeness (QED) is 0.382. The van der Waals surface area contributed by atoms with Gasteiger partial charge in [-0.05, 0) is 90.3 Å². The van der Waals surface area contributed by atoms with Gasteiger partial charge in [-0.25, -0.2) is 0 Å². The highest BCUT2D eigenvalue weighted by atomic mass is 16.3. The maximum Gasteiger partial charge on any atom is 0.140 e. The van der Waals surface area contributed by atoms with Crippen molar-refractivity contribution in [3.8, 4) is 0 Å². The third-order valence-corrected chi connectivity index (χ3v) is 14.7. The van der Waals surface area contributed by atoms with Crippen LogP contribution in [0.4, 0.5) is 0 Å². The fourth-order valence-electron chi connectivity index (χ4n) is 12.3. The molecule has 38 heavy (non-hydrogen) atoms. The van der Waals surface area contributed by atoms with Crippen molar-refractivity contribution in [2.45, 2.75) is 121 Å². The highest BCUT2D eigenvalue weighted by Crippen LogP contribution is 2.75. The SMILES string of the molecule is CC(O)C1CC(C(C)(C)C)C(C)C2C(=O)C3C(C)C4(C)C(O)C(C(C)O)C(C)CC4(C)C(C)C3(C)C(C)C12. The summed E-state index contributed by atoms with van der Waals surface area (Å²) in [7, 11) is 0. The number of fused-ring (bicyclic) bond motifs is 3. The second-order valence-corrected chi connectivity index (χ2v) is 16.8. The van der Waals surface area contributed by atoms with E-state index in [9.17, 15) is 15.3 Å². The average molecular weight is 533 g/mol. The van der Waals surface area contributed by atoms with Crippen LogP contribution in [0.5, 0.6) is 0 Å². The molecule has 3 N–H and O–H groups in total. The number of Topliss-reactive ketones (excluding diaryl/α,β-unsaturated/α-hetero) is 1. The third-order valence-electron chi connectivity index (χ3n) is 14.7. The van der Waals surface area contributed by atoms with Crippen LogP contribution in [0, 0.1) is 86.8 Å². The van der Waals surface area contributed by atoms with Gasteiger partial charge in [-0.2, -0.15) is 0 Å². The van der Waals surface area contributed by atoms with E-state index in [-0.39, 0.29) is 69.5 Å². The fourth-order valence-corrected chi connectivity index (χ4v) is 12.3. The van der Waals surface area contributed by atoms with Gasteiger partial charge in [-0.1, -0.05) is 76.2 Å². The summed E-state index contributed by atoms with van der Waals surface area (Å²) in [4.78, 5) is 15.0. The van der Waals surface area contributed by atoms with Crippen LogP contribution in [0.3, 0.4) is 0 Å². The summed E-state index contributed by atoms with van der Waals surface area (Å²) in [6, 6.07) is 0. The Labute approximate surface area is 233 Å². The molecule has 220 valence electrons. The second-order valence-electron chi connectivity index (χ2n) is 16.8. The van der Waals surface area contributed by atoms with Gasteiger partial charge in [0.2, 0.25) is 0 Å².